The Kier molecular flexibility index (Phi) is 5.27. The van der Waals surface area contributed by atoms with Crippen molar-refractivity contribution in [1.29, 1.82) is 0 Å². The minimum absolute atomic E-state index is 0.0526. The van der Waals surface area contributed by atoms with E-state index in [0.717, 1.165) is 37.3 Å². The number of imidazole rings is 1. The highest BCUT2D eigenvalue weighted by molar-refractivity contribution is 5.97. The van der Waals surface area contributed by atoms with Gasteiger partial charge in [0.05, 0.1) is 36.6 Å². The first kappa shape index (κ1) is 19.3. The number of fused-ring (bicyclic) bond motifs is 1. The number of amides is 1. The summed E-state index contributed by atoms with van der Waals surface area (Å²) in [5.74, 6) is -0.0526. The summed E-state index contributed by atoms with van der Waals surface area (Å²) in [4.78, 5) is 19.8. The molecule has 1 atom stereocenters. The number of rotatable bonds is 6. The molecule has 6 nitrogen and oxygen atoms in total. The number of carbonyl (C=O) groups excluding carboxylic acids is 1. The van der Waals surface area contributed by atoms with Gasteiger partial charge in [-0.2, -0.15) is 0 Å². The predicted molar refractivity (Wildman–Crippen MR) is 117 cm³/mol. The van der Waals surface area contributed by atoms with Gasteiger partial charge in [-0.25, -0.2) is 4.98 Å². The highest BCUT2D eigenvalue weighted by atomic mass is 16.5. The van der Waals surface area contributed by atoms with Crippen LogP contribution in [0.4, 0.5) is 0 Å². The Bertz CT molecular complexity index is 1030. The van der Waals surface area contributed by atoms with Crippen molar-refractivity contribution in [2.45, 2.75) is 31.8 Å². The Labute approximate surface area is 176 Å². The number of aryl methyl sites for hydroxylation is 1. The Hall–Kier alpha value is -2.70. The fourth-order valence-electron chi connectivity index (χ4n) is 4.24. The van der Waals surface area contributed by atoms with E-state index in [1.807, 2.05) is 24.5 Å². The summed E-state index contributed by atoms with van der Waals surface area (Å²) in [5, 5.41) is 3.16. The summed E-state index contributed by atoms with van der Waals surface area (Å²) in [5.41, 5.74) is 5.12. The molecule has 156 valence electrons. The predicted octanol–water partition coefficient (Wildman–Crippen LogP) is 3.48. The van der Waals surface area contributed by atoms with Gasteiger partial charge in [0.1, 0.15) is 0 Å². The van der Waals surface area contributed by atoms with Crippen LogP contribution in [0.3, 0.4) is 0 Å². The molecule has 2 fully saturated rings. The van der Waals surface area contributed by atoms with Crippen molar-refractivity contribution in [3.63, 3.8) is 0 Å². The van der Waals surface area contributed by atoms with Crippen molar-refractivity contribution < 1.29 is 9.53 Å². The Balaban J connectivity index is 1.32. The molecule has 0 spiro atoms. The van der Waals surface area contributed by atoms with Crippen molar-refractivity contribution >= 4 is 16.9 Å². The first-order valence-electron chi connectivity index (χ1n) is 10.8. The topological polar surface area (TPSA) is 59.4 Å². The molecule has 6 heteroatoms. The molecule has 5 rings (SSSR count). The van der Waals surface area contributed by atoms with Crippen LogP contribution in [0.2, 0.25) is 0 Å². The van der Waals surface area contributed by atoms with Gasteiger partial charge in [0.15, 0.2) is 0 Å². The summed E-state index contributed by atoms with van der Waals surface area (Å²) in [6.07, 6.45) is 4.33. The quantitative estimate of drug-likeness (QED) is 0.683. The third-order valence-electron chi connectivity index (χ3n) is 6.18. The second kappa shape index (κ2) is 8.20. The number of ether oxygens (including phenoxy) is 1. The van der Waals surface area contributed by atoms with Gasteiger partial charge in [-0.05, 0) is 43.5 Å². The Morgan fingerprint density at radius 3 is 2.67 bits per heavy atom. The second-order valence-electron chi connectivity index (χ2n) is 8.37. The van der Waals surface area contributed by atoms with Crippen LogP contribution >= 0.6 is 0 Å². The summed E-state index contributed by atoms with van der Waals surface area (Å²) < 4.78 is 7.75. The maximum absolute atomic E-state index is 12.9. The molecule has 1 aliphatic carbocycles. The van der Waals surface area contributed by atoms with E-state index in [1.165, 1.54) is 24.0 Å². The van der Waals surface area contributed by atoms with E-state index in [4.69, 9.17) is 4.74 Å². The first-order chi connectivity index (χ1) is 14.7. The van der Waals surface area contributed by atoms with Gasteiger partial charge in [-0.15, -0.1) is 0 Å². The van der Waals surface area contributed by atoms with Crippen LogP contribution in [-0.2, 0) is 4.74 Å². The summed E-state index contributed by atoms with van der Waals surface area (Å²) in [7, 11) is 0. The van der Waals surface area contributed by atoms with Crippen molar-refractivity contribution in [3.8, 4) is 0 Å². The van der Waals surface area contributed by atoms with Crippen LogP contribution in [0.5, 0.6) is 0 Å². The summed E-state index contributed by atoms with van der Waals surface area (Å²) in [6, 6.07) is 15.1. The number of nitrogens with one attached hydrogen (secondary N) is 1. The molecule has 1 amide bonds. The lowest BCUT2D eigenvalue weighted by Gasteiger charge is -2.35. The largest absolute Gasteiger partial charge is 0.379 e. The molecule has 1 unspecified atom stereocenters. The van der Waals surface area contributed by atoms with Gasteiger partial charge in [0.25, 0.3) is 5.91 Å². The van der Waals surface area contributed by atoms with Gasteiger partial charge in [0, 0.05) is 31.2 Å². The lowest BCUT2D eigenvalue weighted by atomic mass is 10.0. The van der Waals surface area contributed by atoms with Gasteiger partial charge < -0.3 is 14.6 Å². The monoisotopic (exact) mass is 404 g/mol. The number of morpholine rings is 1. The molecule has 2 heterocycles. The van der Waals surface area contributed by atoms with E-state index in [9.17, 15) is 4.79 Å². The first-order valence-corrected chi connectivity index (χ1v) is 10.8. The molecule has 0 bridgehead atoms. The highest BCUT2D eigenvalue weighted by Gasteiger charge is 2.26. The van der Waals surface area contributed by atoms with Crippen molar-refractivity contribution in [2.75, 3.05) is 32.8 Å². The normalized spacial score (nSPS) is 18.4. The number of benzene rings is 2. The molecular formula is C24H28N4O2. The summed E-state index contributed by atoms with van der Waals surface area (Å²) >= 11 is 0. The Morgan fingerprint density at radius 1 is 1.17 bits per heavy atom. The molecular weight excluding hydrogens is 376 g/mol. The zero-order valence-corrected chi connectivity index (χ0v) is 17.4. The molecule has 1 N–H and O–H groups in total. The highest BCUT2D eigenvalue weighted by Crippen LogP contribution is 2.37. The molecule has 1 saturated heterocycles. The third-order valence-corrected chi connectivity index (χ3v) is 6.18. The Morgan fingerprint density at radius 2 is 1.93 bits per heavy atom. The molecule has 2 aromatic carbocycles. The zero-order valence-electron chi connectivity index (χ0n) is 17.4. The number of nitrogens with zero attached hydrogens (tertiary/aromatic N) is 3. The van der Waals surface area contributed by atoms with Crippen LogP contribution in [0.15, 0.2) is 48.8 Å². The maximum atomic E-state index is 12.9. The van der Waals surface area contributed by atoms with Gasteiger partial charge in [-0.1, -0.05) is 29.8 Å². The number of hydrogen-bond acceptors (Lipinski definition) is 4. The van der Waals surface area contributed by atoms with Crippen molar-refractivity contribution in [3.05, 3.63) is 65.5 Å². The number of hydrogen-bond donors (Lipinski definition) is 1. The van der Waals surface area contributed by atoms with Crippen molar-refractivity contribution in [2.24, 2.45) is 0 Å². The minimum Gasteiger partial charge on any atom is -0.379 e. The maximum Gasteiger partial charge on any atom is 0.251 e. The van der Waals surface area contributed by atoms with Crippen LogP contribution in [0.1, 0.15) is 46.4 Å². The molecule has 1 saturated carbocycles. The van der Waals surface area contributed by atoms with E-state index in [2.05, 4.69) is 51.0 Å². The molecule has 1 aliphatic heterocycles. The molecule has 0 radical (unpaired) electrons. The average Bonchev–Trinajstić information content (AvgIpc) is 3.54. The van der Waals surface area contributed by atoms with Crippen LogP contribution in [0.25, 0.3) is 11.0 Å². The van der Waals surface area contributed by atoms with Gasteiger partial charge in [-0.3, -0.25) is 9.69 Å². The third kappa shape index (κ3) is 3.98. The summed E-state index contributed by atoms with van der Waals surface area (Å²) in [6.45, 7) is 5.87. The van der Waals surface area contributed by atoms with E-state index in [1.54, 1.807) is 0 Å². The molecule has 1 aromatic heterocycles. The zero-order chi connectivity index (χ0) is 20.5. The van der Waals surface area contributed by atoms with E-state index < -0.39 is 0 Å². The van der Waals surface area contributed by atoms with E-state index in [-0.39, 0.29) is 11.9 Å². The van der Waals surface area contributed by atoms with Gasteiger partial charge >= 0.3 is 0 Å². The molecule has 30 heavy (non-hydrogen) atoms. The smallest absolute Gasteiger partial charge is 0.251 e. The second-order valence-corrected chi connectivity index (χ2v) is 8.37. The fourth-order valence-corrected chi connectivity index (χ4v) is 4.24. The fraction of sp³-hybridized carbons (Fsp3) is 0.417. The van der Waals surface area contributed by atoms with Crippen LogP contribution in [-0.4, -0.2) is 53.2 Å². The standard InChI is InChI=1S/C24H28N4O2/c1-17-2-4-18(5-3-17)23(27-10-12-30-13-11-27)15-25-24(29)19-6-9-22-21(14-19)26-16-28(22)20-7-8-20/h2-6,9,14,16,20,23H,7-8,10-13,15H2,1H3,(H,25,29). The number of aromatic nitrogens is 2. The van der Waals surface area contributed by atoms with Gasteiger partial charge in [0.2, 0.25) is 0 Å². The lowest BCUT2D eigenvalue weighted by Crippen LogP contribution is -2.43. The lowest BCUT2D eigenvalue weighted by molar-refractivity contribution is 0.0162. The number of carbonyl (C=O) groups is 1. The van der Waals surface area contributed by atoms with Crippen molar-refractivity contribution in [1.82, 2.24) is 19.8 Å². The molecule has 3 aromatic rings. The van der Waals surface area contributed by atoms with E-state index in [0.29, 0.717) is 18.2 Å². The van der Waals surface area contributed by atoms with E-state index >= 15 is 0 Å². The SMILES string of the molecule is Cc1ccc(C(CNC(=O)c2ccc3c(c2)ncn3C2CC2)N2CCOCC2)cc1. The molecule has 2 aliphatic rings. The minimum atomic E-state index is -0.0526. The van der Waals surface area contributed by atoms with Crippen LogP contribution < -0.4 is 5.32 Å². The van der Waals surface area contributed by atoms with Crippen LogP contribution in [0, 0.1) is 6.92 Å². The average molecular weight is 405 g/mol.